The standard InChI is InChI=1S/C17H12Cl2N2O2S/c1-9-15(22)21(10-6-7-12(18)13(19)8-10)17(24-9)11-4-2-3-5-14(11)20-16(17)23/h2-9H,1H3,(H,20,23)/t9-,17+/m1/s1. The van der Waals surface area contributed by atoms with Gasteiger partial charge in [0, 0.05) is 16.9 Å². The van der Waals surface area contributed by atoms with E-state index in [-0.39, 0.29) is 17.1 Å². The number of benzene rings is 2. The van der Waals surface area contributed by atoms with Crippen LogP contribution >= 0.6 is 35.0 Å². The SMILES string of the molecule is C[C@H]1S[C@@]2(C(=O)Nc3ccccc32)N(c2ccc(Cl)c(Cl)c2)C1=O. The lowest BCUT2D eigenvalue weighted by Gasteiger charge is -2.32. The Labute approximate surface area is 153 Å². The minimum atomic E-state index is -1.12. The lowest BCUT2D eigenvalue weighted by atomic mass is 10.0. The lowest BCUT2D eigenvalue weighted by molar-refractivity contribution is -0.122. The maximum atomic E-state index is 12.9. The molecule has 2 heterocycles. The zero-order valence-corrected chi connectivity index (χ0v) is 14.9. The number of fused-ring (bicyclic) bond motifs is 2. The first kappa shape index (κ1) is 15.8. The monoisotopic (exact) mass is 378 g/mol. The summed E-state index contributed by atoms with van der Waals surface area (Å²) >= 11 is 13.5. The number of hydrogen-bond acceptors (Lipinski definition) is 3. The quantitative estimate of drug-likeness (QED) is 0.805. The van der Waals surface area contributed by atoms with Crippen molar-refractivity contribution in [2.45, 2.75) is 17.0 Å². The molecular formula is C17H12Cl2N2O2S. The second-order valence-electron chi connectivity index (χ2n) is 5.68. The third kappa shape index (κ3) is 2.01. The number of nitrogens with zero attached hydrogens (tertiary/aromatic N) is 1. The molecule has 2 amide bonds. The number of rotatable bonds is 1. The van der Waals surface area contributed by atoms with Crippen molar-refractivity contribution in [1.82, 2.24) is 0 Å². The zero-order valence-electron chi connectivity index (χ0n) is 12.5. The largest absolute Gasteiger partial charge is 0.323 e. The van der Waals surface area contributed by atoms with Gasteiger partial charge in [0.15, 0.2) is 0 Å². The van der Waals surface area contributed by atoms with Crippen molar-refractivity contribution in [2.75, 3.05) is 10.2 Å². The molecule has 2 aliphatic heterocycles. The summed E-state index contributed by atoms with van der Waals surface area (Å²) in [7, 11) is 0. The van der Waals surface area contributed by atoms with Gasteiger partial charge in [0.1, 0.15) is 0 Å². The minimum absolute atomic E-state index is 0.134. The van der Waals surface area contributed by atoms with Gasteiger partial charge in [-0.25, -0.2) is 0 Å². The summed E-state index contributed by atoms with van der Waals surface area (Å²) in [6, 6.07) is 12.4. The first-order valence-corrected chi connectivity index (χ1v) is 8.96. The van der Waals surface area contributed by atoms with Crippen molar-refractivity contribution in [3.05, 3.63) is 58.1 Å². The predicted octanol–water partition coefficient (Wildman–Crippen LogP) is 4.27. The smallest absolute Gasteiger partial charge is 0.266 e. The Balaban J connectivity index is 1.95. The van der Waals surface area contributed by atoms with Crippen LogP contribution < -0.4 is 10.2 Å². The summed E-state index contributed by atoms with van der Waals surface area (Å²) in [6.07, 6.45) is 0. The summed E-state index contributed by atoms with van der Waals surface area (Å²) in [5, 5.41) is 3.28. The van der Waals surface area contributed by atoms with Crippen LogP contribution in [0.4, 0.5) is 11.4 Å². The highest BCUT2D eigenvalue weighted by atomic mass is 35.5. The fourth-order valence-corrected chi connectivity index (χ4v) is 4.96. The van der Waals surface area contributed by atoms with E-state index in [2.05, 4.69) is 5.32 Å². The van der Waals surface area contributed by atoms with Crippen molar-refractivity contribution in [3.63, 3.8) is 0 Å². The van der Waals surface area contributed by atoms with E-state index in [0.29, 0.717) is 15.7 Å². The normalized spacial score (nSPS) is 25.3. The van der Waals surface area contributed by atoms with Gasteiger partial charge in [0.25, 0.3) is 5.91 Å². The minimum Gasteiger partial charge on any atom is -0.323 e. The first-order chi connectivity index (χ1) is 11.4. The molecule has 1 N–H and O–H groups in total. The third-order valence-electron chi connectivity index (χ3n) is 4.24. The van der Waals surface area contributed by atoms with Gasteiger partial charge >= 0.3 is 0 Å². The Kier molecular flexibility index (Phi) is 3.56. The number of amides is 2. The molecule has 0 aliphatic carbocycles. The van der Waals surface area contributed by atoms with Gasteiger partial charge in [-0.1, -0.05) is 41.4 Å². The van der Waals surface area contributed by atoms with Gasteiger partial charge in [-0.05, 0) is 31.2 Å². The van der Waals surface area contributed by atoms with Gasteiger partial charge in [-0.2, -0.15) is 0 Å². The van der Waals surface area contributed by atoms with Crippen molar-refractivity contribution in [1.29, 1.82) is 0 Å². The molecule has 1 spiro atoms. The van der Waals surface area contributed by atoms with Gasteiger partial charge in [0.2, 0.25) is 10.8 Å². The van der Waals surface area contributed by atoms with Gasteiger partial charge in [-0.3, -0.25) is 14.5 Å². The number of nitrogens with one attached hydrogen (secondary N) is 1. The maximum Gasteiger partial charge on any atom is 0.266 e. The summed E-state index contributed by atoms with van der Waals surface area (Å²) < 4.78 is 0. The summed E-state index contributed by atoms with van der Waals surface area (Å²) in [5.41, 5.74) is 2.06. The maximum absolute atomic E-state index is 12.9. The van der Waals surface area contributed by atoms with E-state index in [1.165, 1.54) is 16.7 Å². The average molecular weight is 379 g/mol. The van der Waals surface area contributed by atoms with Gasteiger partial charge in [-0.15, -0.1) is 11.8 Å². The molecule has 1 saturated heterocycles. The molecule has 0 unspecified atom stereocenters. The summed E-state index contributed by atoms with van der Waals surface area (Å²) in [5.74, 6) is -0.359. The number of thioether (sulfide) groups is 1. The molecule has 24 heavy (non-hydrogen) atoms. The molecule has 4 rings (SSSR count). The van der Waals surface area contributed by atoms with Crippen molar-refractivity contribution >= 4 is 58.2 Å². The molecule has 7 heteroatoms. The molecule has 0 radical (unpaired) electrons. The molecule has 0 bridgehead atoms. The second kappa shape index (κ2) is 5.41. The van der Waals surface area contributed by atoms with E-state index >= 15 is 0 Å². The fraction of sp³-hybridized carbons (Fsp3) is 0.176. The van der Waals surface area contributed by atoms with E-state index in [4.69, 9.17) is 23.2 Å². The van der Waals surface area contributed by atoms with Crippen LogP contribution in [-0.2, 0) is 14.5 Å². The number of hydrogen-bond donors (Lipinski definition) is 1. The molecule has 4 nitrogen and oxygen atoms in total. The second-order valence-corrected chi connectivity index (χ2v) is 8.02. The number of carbonyl (C=O) groups is 2. The lowest BCUT2D eigenvalue weighted by Crippen LogP contribution is -2.47. The average Bonchev–Trinajstić information content (AvgIpc) is 2.98. The summed E-state index contributed by atoms with van der Waals surface area (Å²) in [4.78, 5) is 26.2. The highest BCUT2D eigenvalue weighted by Gasteiger charge is 2.60. The van der Waals surface area contributed by atoms with Crippen molar-refractivity contribution in [3.8, 4) is 0 Å². The summed E-state index contributed by atoms with van der Waals surface area (Å²) in [6.45, 7) is 1.81. The van der Waals surface area contributed by atoms with Crippen LogP contribution in [0.2, 0.25) is 10.0 Å². The Morgan fingerprint density at radius 2 is 1.88 bits per heavy atom. The van der Waals surface area contributed by atoms with E-state index < -0.39 is 4.87 Å². The van der Waals surface area contributed by atoms with Gasteiger partial charge in [0.05, 0.1) is 15.3 Å². The van der Waals surface area contributed by atoms with Gasteiger partial charge < -0.3 is 5.32 Å². The number of halogens is 2. The molecule has 122 valence electrons. The van der Waals surface area contributed by atoms with Crippen molar-refractivity contribution in [2.24, 2.45) is 0 Å². The highest BCUT2D eigenvalue weighted by molar-refractivity contribution is 8.03. The van der Waals surface area contributed by atoms with Crippen LogP contribution in [0.15, 0.2) is 42.5 Å². The Bertz CT molecular complexity index is 889. The highest BCUT2D eigenvalue weighted by Crippen LogP contribution is 2.56. The zero-order chi connectivity index (χ0) is 17.1. The molecule has 2 atom stereocenters. The molecular weight excluding hydrogens is 367 g/mol. The Hall–Kier alpha value is -1.69. The predicted molar refractivity (Wildman–Crippen MR) is 97.8 cm³/mol. The molecule has 2 aromatic carbocycles. The molecule has 2 aromatic rings. The third-order valence-corrected chi connectivity index (χ3v) is 6.46. The number of anilines is 2. The van der Waals surface area contributed by atoms with Crippen molar-refractivity contribution < 1.29 is 9.59 Å². The topological polar surface area (TPSA) is 49.4 Å². The van der Waals surface area contributed by atoms with E-state index in [1.54, 1.807) is 25.1 Å². The molecule has 2 aliphatic rings. The fourth-order valence-electron chi connectivity index (χ4n) is 3.19. The van der Waals surface area contributed by atoms with Crippen LogP contribution in [0.3, 0.4) is 0 Å². The van der Waals surface area contributed by atoms with Crippen LogP contribution in [0.25, 0.3) is 0 Å². The van der Waals surface area contributed by atoms with Crippen LogP contribution in [0, 0.1) is 0 Å². The number of carbonyl (C=O) groups excluding carboxylic acids is 2. The number of para-hydroxylation sites is 1. The first-order valence-electron chi connectivity index (χ1n) is 7.33. The van der Waals surface area contributed by atoms with Crippen LogP contribution in [0.5, 0.6) is 0 Å². The molecule has 0 saturated carbocycles. The van der Waals surface area contributed by atoms with Crippen LogP contribution in [0.1, 0.15) is 12.5 Å². The van der Waals surface area contributed by atoms with Crippen LogP contribution in [-0.4, -0.2) is 17.1 Å². The van der Waals surface area contributed by atoms with E-state index in [0.717, 1.165) is 11.3 Å². The Morgan fingerprint density at radius 3 is 2.62 bits per heavy atom. The molecule has 0 aromatic heterocycles. The van der Waals surface area contributed by atoms with E-state index in [1.807, 2.05) is 24.3 Å². The molecule has 1 fully saturated rings. The van der Waals surface area contributed by atoms with E-state index in [9.17, 15) is 9.59 Å². The Morgan fingerprint density at radius 1 is 1.12 bits per heavy atom.